The standard InChI is InChI=1S/C12H13F2N/c13-11-7-5-8-12(14)10(11)6-3-1-2-4-9-15/h5,7-8H,1-2,4,9,15H2. The summed E-state index contributed by atoms with van der Waals surface area (Å²) in [5.74, 6) is 4.01. The summed E-state index contributed by atoms with van der Waals surface area (Å²) < 4.78 is 26.1. The molecule has 1 aromatic rings. The van der Waals surface area contributed by atoms with Gasteiger partial charge in [0.15, 0.2) is 0 Å². The Morgan fingerprint density at radius 3 is 2.40 bits per heavy atom. The Hall–Kier alpha value is -1.40. The maximum absolute atomic E-state index is 13.1. The van der Waals surface area contributed by atoms with Crippen LogP contribution in [0.2, 0.25) is 0 Å². The van der Waals surface area contributed by atoms with Gasteiger partial charge in [-0.3, -0.25) is 0 Å². The predicted octanol–water partition coefficient (Wildman–Crippen LogP) is 2.45. The number of benzene rings is 1. The van der Waals surface area contributed by atoms with Gasteiger partial charge in [-0.2, -0.15) is 0 Å². The molecule has 0 radical (unpaired) electrons. The van der Waals surface area contributed by atoms with E-state index < -0.39 is 11.6 Å². The molecule has 0 saturated carbocycles. The fraction of sp³-hybridized carbons (Fsp3) is 0.333. The molecule has 0 aliphatic rings. The average Bonchev–Trinajstić information content (AvgIpc) is 2.21. The fourth-order valence-electron chi connectivity index (χ4n) is 1.13. The molecule has 1 rings (SSSR count). The normalized spacial score (nSPS) is 9.53. The van der Waals surface area contributed by atoms with E-state index in [-0.39, 0.29) is 5.56 Å². The first-order valence-electron chi connectivity index (χ1n) is 4.88. The van der Waals surface area contributed by atoms with Crippen molar-refractivity contribution in [1.82, 2.24) is 0 Å². The Balaban J connectivity index is 2.63. The third-order valence-electron chi connectivity index (χ3n) is 1.93. The summed E-state index contributed by atoms with van der Waals surface area (Å²) in [7, 11) is 0. The summed E-state index contributed by atoms with van der Waals surface area (Å²) in [6.07, 6.45) is 2.36. The van der Waals surface area contributed by atoms with Crippen LogP contribution in [-0.2, 0) is 0 Å². The van der Waals surface area contributed by atoms with Gasteiger partial charge in [-0.1, -0.05) is 17.9 Å². The van der Waals surface area contributed by atoms with Crippen molar-refractivity contribution in [2.75, 3.05) is 6.54 Å². The molecule has 0 aliphatic heterocycles. The minimum Gasteiger partial charge on any atom is -0.330 e. The summed E-state index contributed by atoms with van der Waals surface area (Å²) in [4.78, 5) is 0. The van der Waals surface area contributed by atoms with Crippen LogP contribution in [0.15, 0.2) is 18.2 Å². The second-order valence-corrected chi connectivity index (χ2v) is 3.14. The molecule has 80 valence electrons. The van der Waals surface area contributed by atoms with Gasteiger partial charge in [0.1, 0.15) is 11.6 Å². The van der Waals surface area contributed by atoms with E-state index in [4.69, 9.17) is 5.73 Å². The SMILES string of the molecule is NCCCCC#Cc1c(F)cccc1F. The molecule has 0 aliphatic carbocycles. The van der Waals surface area contributed by atoms with E-state index in [0.29, 0.717) is 13.0 Å². The Kier molecular flexibility index (Phi) is 4.79. The zero-order valence-corrected chi connectivity index (χ0v) is 8.39. The van der Waals surface area contributed by atoms with Crippen LogP contribution < -0.4 is 5.73 Å². The summed E-state index contributed by atoms with van der Waals surface area (Å²) in [6.45, 7) is 0.621. The highest BCUT2D eigenvalue weighted by atomic mass is 19.1. The minimum absolute atomic E-state index is 0.148. The number of nitrogens with two attached hydrogens (primary N) is 1. The van der Waals surface area contributed by atoms with Gasteiger partial charge >= 0.3 is 0 Å². The van der Waals surface area contributed by atoms with Crippen molar-refractivity contribution in [2.45, 2.75) is 19.3 Å². The summed E-state index contributed by atoms with van der Waals surface area (Å²) >= 11 is 0. The van der Waals surface area contributed by atoms with E-state index >= 15 is 0 Å². The quantitative estimate of drug-likeness (QED) is 0.600. The Labute approximate surface area is 88.3 Å². The van der Waals surface area contributed by atoms with Gasteiger partial charge in [-0.05, 0) is 31.5 Å². The number of hydrogen-bond donors (Lipinski definition) is 1. The second-order valence-electron chi connectivity index (χ2n) is 3.14. The van der Waals surface area contributed by atoms with Crippen LogP contribution in [-0.4, -0.2) is 6.54 Å². The van der Waals surface area contributed by atoms with Gasteiger partial charge in [0, 0.05) is 6.42 Å². The molecule has 0 spiro atoms. The topological polar surface area (TPSA) is 26.0 Å². The highest BCUT2D eigenvalue weighted by Crippen LogP contribution is 2.10. The molecule has 1 nitrogen and oxygen atoms in total. The molecule has 0 fully saturated rings. The van der Waals surface area contributed by atoms with Crippen LogP contribution in [0, 0.1) is 23.5 Å². The molecule has 0 unspecified atom stereocenters. The largest absolute Gasteiger partial charge is 0.330 e. The lowest BCUT2D eigenvalue weighted by atomic mass is 10.2. The van der Waals surface area contributed by atoms with E-state index in [1.54, 1.807) is 0 Å². The molecule has 3 heteroatoms. The Morgan fingerprint density at radius 2 is 1.80 bits per heavy atom. The number of hydrogen-bond acceptors (Lipinski definition) is 1. The third kappa shape index (κ3) is 3.69. The van der Waals surface area contributed by atoms with Crippen molar-refractivity contribution in [3.8, 4) is 11.8 Å². The monoisotopic (exact) mass is 209 g/mol. The van der Waals surface area contributed by atoms with Gasteiger partial charge in [-0.25, -0.2) is 8.78 Å². The zero-order valence-electron chi connectivity index (χ0n) is 8.39. The smallest absolute Gasteiger partial charge is 0.141 e. The van der Waals surface area contributed by atoms with Gasteiger partial charge in [0.05, 0.1) is 5.56 Å². The lowest BCUT2D eigenvalue weighted by Gasteiger charge is -1.95. The van der Waals surface area contributed by atoms with E-state index in [1.807, 2.05) is 0 Å². The summed E-state index contributed by atoms with van der Waals surface area (Å²) in [5, 5.41) is 0. The second kappa shape index (κ2) is 6.15. The molecule has 0 heterocycles. The van der Waals surface area contributed by atoms with Crippen molar-refractivity contribution in [2.24, 2.45) is 5.73 Å². The highest BCUT2D eigenvalue weighted by Gasteiger charge is 2.03. The lowest BCUT2D eigenvalue weighted by Crippen LogP contribution is -1.97. The van der Waals surface area contributed by atoms with Crippen molar-refractivity contribution >= 4 is 0 Å². The van der Waals surface area contributed by atoms with Gasteiger partial charge in [0.25, 0.3) is 0 Å². The van der Waals surface area contributed by atoms with E-state index in [0.717, 1.165) is 12.8 Å². The fourth-order valence-corrected chi connectivity index (χ4v) is 1.13. The Bertz CT molecular complexity index is 357. The molecule has 1 aromatic carbocycles. The van der Waals surface area contributed by atoms with Crippen LogP contribution in [0.1, 0.15) is 24.8 Å². The highest BCUT2D eigenvalue weighted by molar-refractivity contribution is 5.36. The summed E-state index contributed by atoms with van der Waals surface area (Å²) in [5.41, 5.74) is 5.15. The van der Waals surface area contributed by atoms with Crippen LogP contribution in [0.25, 0.3) is 0 Å². The van der Waals surface area contributed by atoms with Crippen LogP contribution >= 0.6 is 0 Å². The van der Waals surface area contributed by atoms with E-state index in [9.17, 15) is 8.78 Å². The maximum Gasteiger partial charge on any atom is 0.141 e. The van der Waals surface area contributed by atoms with Crippen LogP contribution in [0.3, 0.4) is 0 Å². The van der Waals surface area contributed by atoms with Gasteiger partial charge in [0.2, 0.25) is 0 Å². The predicted molar refractivity (Wildman–Crippen MR) is 56.1 cm³/mol. The van der Waals surface area contributed by atoms with Gasteiger partial charge in [-0.15, -0.1) is 0 Å². The molecular formula is C12H13F2N. The first-order chi connectivity index (χ1) is 7.25. The van der Waals surface area contributed by atoms with Crippen molar-refractivity contribution in [1.29, 1.82) is 0 Å². The number of halogens is 2. The molecular weight excluding hydrogens is 196 g/mol. The van der Waals surface area contributed by atoms with Crippen molar-refractivity contribution < 1.29 is 8.78 Å². The van der Waals surface area contributed by atoms with Crippen LogP contribution in [0.4, 0.5) is 8.78 Å². The number of rotatable bonds is 3. The minimum atomic E-state index is -0.610. The molecule has 0 saturated heterocycles. The van der Waals surface area contributed by atoms with Crippen molar-refractivity contribution in [3.05, 3.63) is 35.4 Å². The van der Waals surface area contributed by atoms with E-state index in [2.05, 4.69) is 11.8 Å². The first-order valence-corrected chi connectivity index (χ1v) is 4.88. The third-order valence-corrected chi connectivity index (χ3v) is 1.93. The molecule has 0 atom stereocenters. The molecule has 15 heavy (non-hydrogen) atoms. The van der Waals surface area contributed by atoms with Crippen LogP contribution in [0.5, 0.6) is 0 Å². The number of unbranched alkanes of at least 4 members (excludes halogenated alkanes) is 2. The summed E-state index contributed by atoms with van der Waals surface area (Å²) in [6, 6.07) is 3.73. The van der Waals surface area contributed by atoms with Crippen molar-refractivity contribution in [3.63, 3.8) is 0 Å². The molecule has 2 N–H and O–H groups in total. The maximum atomic E-state index is 13.1. The zero-order chi connectivity index (χ0) is 11.1. The lowest BCUT2D eigenvalue weighted by molar-refractivity contribution is 0.577. The molecule has 0 bridgehead atoms. The van der Waals surface area contributed by atoms with Gasteiger partial charge < -0.3 is 5.73 Å². The average molecular weight is 209 g/mol. The Morgan fingerprint density at radius 1 is 1.13 bits per heavy atom. The molecule has 0 amide bonds. The van der Waals surface area contributed by atoms with E-state index in [1.165, 1.54) is 18.2 Å². The molecule has 0 aromatic heterocycles. The first kappa shape index (κ1) is 11.7.